The highest BCUT2D eigenvalue weighted by atomic mass is 16.5. The maximum atomic E-state index is 13.0. The maximum absolute atomic E-state index is 13.0. The summed E-state index contributed by atoms with van der Waals surface area (Å²) in [4.78, 5) is 22.1. The molecule has 2 bridgehead atoms. The van der Waals surface area contributed by atoms with Crippen LogP contribution in [0.1, 0.15) is 61.0 Å². The molecule has 0 spiro atoms. The second-order valence-electron chi connectivity index (χ2n) is 9.65. The van der Waals surface area contributed by atoms with E-state index in [1.54, 1.807) is 0 Å². The van der Waals surface area contributed by atoms with Gasteiger partial charge in [-0.15, -0.1) is 0 Å². The third-order valence-corrected chi connectivity index (χ3v) is 7.78. The number of rotatable bonds is 4. The molecule has 178 valence electrons. The number of nitrogens with zero attached hydrogens (tertiary/aromatic N) is 3. The van der Waals surface area contributed by atoms with Crippen molar-refractivity contribution in [2.45, 2.75) is 51.6 Å². The highest BCUT2D eigenvalue weighted by Crippen LogP contribution is 2.50. The Labute approximate surface area is 207 Å². The quantitative estimate of drug-likeness (QED) is 0.355. The fourth-order valence-corrected chi connectivity index (χ4v) is 6.15. The second-order valence-corrected chi connectivity index (χ2v) is 9.65. The summed E-state index contributed by atoms with van der Waals surface area (Å²) in [5.41, 5.74) is 5.72. The molecule has 3 aromatic rings. The van der Waals surface area contributed by atoms with Crippen LogP contribution in [0, 0.1) is 0 Å². The van der Waals surface area contributed by atoms with Crippen molar-refractivity contribution in [2.24, 2.45) is 0 Å². The third-order valence-electron chi connectivity index (χ3n) is 7.78. The first kappa shape index (κ1) is 21.9. The van der Waals surface area contributed by atoms with Crippen LogP contribution >= 0.6 is 0 Å². The number of ether oxygens (including phenoxy) is 1. The molecule has 2 aromatic carbocycles. The number of benzene rings is 2. The number of aromatic nitrogens is 1. The normalized spacial score (nSPS) is 20.2. The summed E-state index contributed by atoms with van der Waals surface area (Å²) in [5.74, 6) is 2.80. The van der Waals surface area contributed by atoms with Gasteiger partial charge in [-0.2, -0.15) is 0 Å². The Morgan fingerprint density at radius 3 is 2.37 bits per heavy atom. The summed E-state index contributed by atoms with van der Waals surface area (Å²) in [6.07, 6.45) is 6.33. The van der Waals surface area contributed by atoms with Gasteiger partial charge in [0.15, 0.2) is 0 Å². The molecular weight excluding hydrogens is 434 g/mol. The molecule has 1 amide bonds. The van der Waals surface area contributed by atoms with E-state index in [4.69, 9.17) is 4.74 Å². The standard InChI is InChI=1S/C30H31N3O2/c1-3-32(4-2)30(34)20-12-15-25-27(19-20)35-26-10-6-5-9-24(26)29(25)21-17-22-13-14-23(18-21)33(22)28-11-7-8-16-31-28/h5-12,15-16,19,22-23H,3-4,13-14,17-18H2,1-2H3. The molecule has 0 N–H and O–H groups in total. The fourth-order valence-electron chi connectivity index (χ4n) is 6.15. The monoisotopic (exact) mass is 465 g/mol. The van der Waals surface area contributed by atoms with E-state index in [1.165, 1.54) is 24.0 Å². The van der Waals surface area contributed by atoms with Crippen LogP contribution in [-0.4, -0.2) is 41.0 Å². The lowest BCUT2D eigenvalue weighted by Crippen LogP contribution is -2.41. The fraction of sp³-hybridized carbons (Fsp3) is 0.333. The maximum Gasteiger partial charge on any atom is 0.253 e. The number of amides is 1. The molecule has 4 heterocycles. The zero-order valence-electron chi connectivity index (χ0n) is 20.4. The third kappa shape index (κ3) is 3.70. The molecule has 2 atom stereocenters. The largest absolute Gasteiger partial charge is 0.456 e. The van der Waals surface area contributed by atoms with Gasteiger partial charge < -0.3 is 14.5 Å². The average Bonchev–Trinajstić information content (AvgIpc) is 3.17. The number of hydrogen-bond donors (Lipinski definition) is 0. The van der Waals surface area contributed by atoms with E-state index < -0.39 is 0 Å². The Morgan fingerprint density at radius 2 is 1.66 bits per heavy atom. The van der Waals surface area contributed by atoms with Crippen LogP contribution in [0.5, 0.6) is 11.5 Å². The van der Waals surface area contributed by atoms with Gasteiger partial charge in [-0.05, 0) is 81.5 Å². The number of para-hydroxylation sites is 1. The molecule has 0 saturated carbocycles. The van der Waals surface area contributed by atoms with Gasteiger partial charge >= 0.3 is 0 Å². The minimum Gasteiger partial charge on any atom is -0.456 e. The van der Waals surface area contributed by atoms with Gasteiger partial charge in [0.2, 0.25) is 0 Å². The highest BCUT2D eigenvalue weighted by molar-refractivity contribution is 5.97. The molecule has 5 heteroatoms. The van der Waals surface area contributed by atoms with Crippen molar-refractivity contribution in [1.82, 2.24) is 9.88 Å². The van der Waals surface area contributed by atoms with Gasteiger partial charge in [0, 0.05) is 48.1 Å². The first-order chi connectivity index (χ1) is 17.2. The molecule has 2 unspecified atom stereocenters. The van der Waals surface area contributed by atoms with E-state index in [2.05, 4.69) is 40.2 Å². The van der Waals surface area contributed by atoms with E-state index in [-0.39, 0.29) is 5.91 Å². The molecule has 0 aliphatic carbocycles. The lowest BCUT2D eigenvalue weighted by molar-refractivity contribution is 0.0772. The van der Waals surface area contributed by atoms with Crippen molar-refractivity contribution in [2.75, 3.05) is 18.0 Å². The van der Waals surface area contributed by atoms with Gasteiger partial charge in [0.05, 0.1) is 0 Å². The number of hydrogen-bond acceptors (Lipinski definition) is 4. The predicted octanol–water partition coefficient (Wildman–Crippen LogP) is 6.30. The van der Waals surface area contributed by atoms with Crippen LogP contribution in [0.4, 0.5) is 5.82 Å². The Balaban J connectivity index is 1.42. The van der Waals surface area contributed by atoms with Gasteiger partial charge in [-0.25, -0.2) is 4.98 Å². The minimum atomic E-state index is 0.0520. The number of carbonyl (C=O) groups is 1. The van der Waals surface area contributed by atoms with Crippen molar-refractivity contribution >= 4 is 17.3 Å². The first-order valence-corrected chi connectivity index (χ1v) is 12.8. The van der Waals surface area contributed by atoms with Gasteiger partial charge in [0.25, 0.3) is 5.91 Å². The van der Waals surface area contributed by atoms with Crippen molar-refractivity contribution in [1.29, 1.82) is 0 Å². The molecule has 1 aromatic heterocycles. The molecule has 2 fully saturated rings. The molecule has 2 saturated heterocycles. The van der Waals surface area contributed by atoms with Crippen LogP contribution < -0.4 is 9.64 Å². The van der Waals surface area contributed by atoms with Gasteiger partial charge in [-0.3, -0.25) is 4.79 Å². The lowest BCUT2D eigenvalue weighted by atomic mass is 9.83. The summed E-state index contributed by atoms with van der Waals surface area (Å²) in [5, 5.41) is 0. The van der Waals surface area contributed by atoms with E-state index in [0.29, 0.717) is 30.7 Å². The highest BCUT2D eigenvalue weighted by Gasteiger charge is 2.41. The number of carbonyl (C=O) groups excluding carboxylic acids is 1. The lowest BCUT2D eigenvalue weighted by Gasteiger charge is -2.39. The van der Waals surface area contributed by atoms with Gasteiger partial charge in [0.1, 0.15) is 17.3 Å². The van der Waals surface area contributed by atoms with Crippen molar-refractivity contribution in [3.05, 3.63) is 89.1 Å². The molecular formula is C30H31N3O2. The van der Waals surface area contributed by atoms with E-state index in [1.807, 2.05) is 55.3 Å². The Morgan fingerprint density at radius 1 is 0.943 bits per heavy atom. The SMILES string of the molecule is CCN(CC)C(=O)c1ccc2c(c1)Oc1ccccc1C2=C1CC2CCC(C1)N2c1ccccn1. The van der Waals surface area contributed by atoms with E-state index >= 15 is 0 Å². The second kappa shape index (κ2) is 8.88. The molecule has 6 rings (SSSR count). The van der Waals surface area contributed by atoms with Crippen molar-refractivity contribution in [3.8, 4) is 11.5 Å². The van der Waals surface area contributed by atoms with Gasteiger partial charge in [-0.1, -0.05) is 29.8 Å². The zero-order valence-corrected chi connectivity index (χ0v) is 20.4. The average molecular weight is 466 g/mol. The minimum absolute atomic E-state index is 0.0520. The summed E-state index contributed by atoms with van der Waals surface area (Å²) >= 11 is 0. The number of piperidine rings is 1. The Hall–Kier alpha value is -3.60. The molecule has 35 heavy (non-hydrogen) atoms. The molecule has 0 radical (unpaired) electrons. The van der Waals surface area contributed by atoms with Crippen molar-refractivity contribution in [3.63, 3.8) is 0 Å². The van der Waals surface area contributed by atoms with Crippen LogP contribution in [0.2, 0.25) is 0 Å². The molecule has 3 aliphatic heterocycles. The Kier molecular flexibility index (Phi) is 5.56. The van der Waals surface area contributed by atoms with Crippen LogP contribution in [-0.2, 0) is 0 Å². The number of fused-ring (bicyclic) bond motifs is 4. The summed E-state index contributed by atoms with van der Waals surface area (Å²) in [6.45, 7) is 5.42. The Bertz CT molecular complexity index is 1280. The number of pyridine rings is 1. The molecule has 3 aliphatic rings. The summed E-state index contributed by atoms with van der Waals surface area (Å²) in [7, 11) is 0. The predicted molar refractivity (Wildman–Crippen MR) is 139 cm³/mol. The van der Waals surface area contributed by atoms with Crippen LogP contribution in [0.25, 0.3) is 5.57 Å². The topological polar surface area (TPSA) is 45.7 Å². The number of anilines is 1. The smallest absolute Gasteiger partial charge is 0.253 e. The van der Waals surface area contributed by atoms with E-state index in [0.717, 1.165) is 41.3 Å². The van der Waals surface area contributed by atoms with Crippen LogP contribution in [0.3, 0.4) is 0 Å². The van der Waals surface area contributed by atoms with Crippen LogP contribution in [0.15, 0.2) is 72.4 Å². The zero-order chi connectivity index (χ0) is 23.9. The van der Waals surface area contributed by atoms with E-state index in [9.17, 15) is 4.79 Å². The summed E-state index contributed by atoms with van der Waals surface area (Å²) in [6, 6.07) is 21.4. The first-order valence-electron chi connectivity index (χ1n) is 12.8. The van der Waals surface area contributed by atoms with Crippen molar-refractivity contribution < 1.29 is 9.53 Å². The molecule has 5 nitrogen and oxygen atoms in total. The summed E-state index contributed by atoms with van der Waals surface area (Å²) < 4.78 is 6.37.